The van der Waals surface area contributed by atoms with E-state index in [9.17, 15) is 9.90 Å². The molecule has 0 bridgehead atoms. The molecule has 0 saturated heterocycles. The maximum absolute atomic E-state index is 11.2. The number of aromatic nitrogens is 2. The SMILES string of the molecule is O=C(O)c1cccc2[nH]c(C3CC3c3ccccc3)nc12. The molecule has 4 heteroatoms. The van der Waals surface area contributed by atoms with Crippen LogP contribution in [0.1, 0.15) is 40.0 Å². The van der Waals surface area contributed by atoms with Gasteiger partial charge in [0.1, 0.15) is 11.3 Å². The van der Waals surface area contributed by atoms with Crippen LogP contribution in [0.3, 0.4) is 0 Å². The summed E-state index contributed by atoms with van der Waals surface area (Å²) in [6.07, 6.45) is 1.06. The van der Waals surface area contributed by atoms with Crippen molar-refractivity contribution in [3.8, 4) is 0 Å². The zero-order chi connectivity index (χ0) is 14.4. The number of carboxylic acid groups (broad SMARTS) is 1. The van der Waals surface area contributed by atoms with Gasteiger partial charge < -0.3 is 10.1 Å². The minimum Gasteiger partial charge on any atom is -0.478 e. The van der Waals surface area contributed by atoms with Gasteiger partial charge in [-0.1, -0.05) is 36.4 Å². The topological polar surface area (TPSA) is 66.0 Å². The fraction of sp³-hybridized carbons (Fsp3) is 0.176. The van der Waals surface area contributed by atoms with Gasteiger partial charge in [0.05, 0.1) is 11.1 Å². The highest BCUT2D eigenvalue weighted by Gasteiger charge is 2.41. The van der Waals surface area contributed by atoms with Crippen molar-refractivity contribution in [1.82, 2.24) is 9.97 Å². The van der Waals surface area contributed by atoms with Crippen LogP contribution in [0.2, 0.25) is 0 Å². The largest absolute Gasteiger partial charge is 0.478 e. The first-order chi connectivity index (χ1) is 10.2. The van der Waals surface area contributed by atoms with Gasteiger partial charge in [0.15, 0.2) is 0 Å². The number of nitrogens with zero attached hydrogens (tertiary/aromatic N) is 1. The number of carboxylic acids is 1. The second-order valence-corrected chi connectivity index (χ2v) is 5.49. The molecule has 3 aromatic rings. The zero-order valence-electron chi connectivity index (χ0n) is 11.3. The Morgan fingerprint density at radius 1 is 1.10 bits per heavy atom. The molecule has 104 valence electrons. The third-order valence-electron chi connectivity index (χ3n) is 4.13. The predicted molar refractivity (Wildman–Crippen MR) is 79.6 cm³/mol. The van der Waals surface area contributed by atoms with Crippen molar-refractivity contribution in [3.63, 3.8) is 0 Å². The molecule has 0 radical (unpaired) electrons. The van der Waals surface area contributed by atoms with Crippen molar-refractivity contribution in [3.05, 3.63) is 65.5 Å². The smallest absolute Gasteiger partial charge is 0.337 e. The average molecular weight is 278 g/mol. The third kappa shape index (κ3) is 2.00. The average Bonchev–Trinajstić information content (AvgIpc) is 3.19. The minimum atomic E-state index is -0.936. The summed E-state index contributed by atoms with van der Waals surface area (Å²) in [5.41, 5.74) is 2.93. The van der Waals surface area contributed by atoms with Crippen molar-refractivity contribution in [1.29, 1.82) is 0 Å². The summed E-state index contributed by atoms with van der Waals surface area (Å²) in [7, 11) is 0. The van der Waals surface area contributed by atoms with Gasteiger partial charge in [0.25, 0.3) is 0 Å². The van der Waals surface area contributed by atoms with Crippen LogP contribution < -0.4 is 0 Å². The van der Waals surface area contributed by atoms with E-state index in [0.29, 0.717) is 17.4 Å². The first-order valence-electron chi connectivity index (χ1n) is 7.01. The molecule has 1 aliphatic carbocycles. The van der Waals surface area contributed by atoms with Crippen LogP contribution >= 0.6 is 0 Å². The second-order valence-electron chi connectivity index (χ2n) is 5.49. The van der Waals surface area contributed by atoms with Gasteiger partial charge in [-0.25, -0.2) is 9.78 Å². The highest BCUT2D eigenvalue weighted by atomic mass is 16.4. The molecular formula is C17H14N2O2. The van der Waals surface area contributed by atoms with Gasteiger partial charge in [-0.15, -0.1) is 0 Å². The van der Waals surface area contributed by atoms with Gasteiger partial charge in [0, 0.05) is 5.92 Å². The molecule has 1 saturated carbocycles. The lowest BCUT2D eigenvalue weighted by atomic mass is 10.1. The molecule has 1 aliphatic rings. The molecule has 2 N–H and O–H groups in total. The molecule has 0 aliphatic heterocycles. The van der Waals surface area contributed by atoms with Crippen molar-refractivity contribution in [2.75, 3.05) is 0 Å². The molecule has 0 spiro atoms. The number of aromatic carboxylic acids is 1. The Bertz CT molecular complexity index is 823. The number of benzene rings is 2. The first kappa shape index (κ1) is 12.1. The molecule has 1 aromatic heterocycles. The summed E-state index contributed by atoms with van der Waals surface area (Å²) in [6.45, 7) is 0. The maximum Gasteiger partial charge on any atom is 0.337 e. The summed E-state index contributed by atoms with van der Waals surface area (Å²) in [6, 6.07) is 15.6. The molecular weight excluding hydrogens is 264 g/mol. The van der Waals surface area contributed by atoms with Gasteiger partial charge in [-0.3, -0.25) is 0 Å². The first-order valence-corrected chi connectivity index (χ1v) is 7.01. The maximum atomic E-state index is 11.2. The Labute approximate surface area is 121 Å². The standard InChI is InChI=1S/C17H14N2O2/c20-17(21)11-7-4-8-14-15(11)19-16(18-14)13-9-12(13)10-5-2-1-3-6-10/h1-8,12-13H,9H2,(H,18,19)(H,20,21). The van der Waals surface area contributed by atoms with E-state index in [1.54, 1.807) is 12.1 Å². The van der Waals surface area contributed by atoms with E-state index in [0.717, 1.165) is 17.8 Å². The van der Waals surface area contributed by atoms with E-state index < -0.39 is 5.97 Å². The second kappa shape index (κ2) is 4.45. The summed E-state index contributed by atoms with van der Waals surface area (Å²) in [5.74, 6) is 0.808. The van der Waals surface area contributed by atoms with Crippen molar-refractivity contribution < 1.29 is 9.90 Å². The summed E-state index contributed by atoms with van der Waals surface area (Å²) in [4.78, 5) is 19.1. The van der Waals surface area contributed by atoms with Gasteiger partial charge in [-0.2, -0.15) is 0 Å². The molecule has 1 heterocycles. The Hall–Kier alpha value is -2.62. The number of H-pyrrole nitrogens is 1. The Kier molecular flexibility index (Phi) is 2.57. The summed E-state index contributed by atoms with van der Waals surface area (Å²) >= 11 is 0. The fourth-order valence-electron chi connectivity index (χ4n) is 2.97. The molecule has 2 aromatic carbocycles. The van der Waals surface area contributed by atoms with Crippen molar-refractivity contribution in [2.24, 2.45) is 0 Å². The number of rotatable bonds is 3. The minimum absolute atomic E-state index is 0.256. The normalized spacial score (nSPS) is 20.6. The molecule has 1 fully saturated rings. The number of imidazole rings is 1. The number of hydrogen-bond acceptors (Lipinski definition) is 2. The quantitative estimate of drug-likeness (QED) is 0.770. The lowest BCUT2D eigenvalue weighted by Crippen LogP contribution is -1.96. The number of fused-ring (bicyclic) bond motifs is 1. The third-order valence-corrected chi connectivity index (χ3v) is 4.13. The Morgan fingerprint density at radius 3 is 2.67 bits per heavy atom. The number of carbonyl (C=O) groups is 1. The number of hydrogen-bond donors (Lipinski definition) is 2. The molecule has 2 unspecified atom stereocenters. The lowest BCUT2D eigenvalue weighted by molar-refractivity contribution is 0.0699. The summed E-state index contributed by atoms with van der Waals surface area (Å²) in [5, 5.41) is 9.22. The number of aromatic amines is 1. The highest BCUT2D eigenvalue weighted by molar-refractivity contribution is 6.00. The molecule has 0 amide bonds. The monoisotopic (exact) mass is 278 g/mol. The van der Waals surface area contributed by atoms with Gasteiger partial charge in [-0.05, 0) is 30.0 Å². The van der Waals surface area contributed by atoms with Crippen LogP contribution in [0.15, 0.2) is 48.5 Å². The van der Waals surface area contributed by atoms with Crippen LogP contribution in [0.4, 0.5) is 0 Å². The molecule has 2 atom stereocenters. The predicted octanol–water partition coefficient (Wildman–Crippen LogP) is 3.53. The fourth-order valence-corrected chi connectivity index (χ4v) is 2.97. The number of nitrogens with one attached hydrogen (secondary N) is 1. The van der Waals surface area contributed by atoms with Crippen molar-refractivity contribution >= 4 is 17.0 Å². The van der Waals surface area contributed by atoms with Crippen LogP contribution in [0.5, 0.6) is 0 Å². The molecule has 21 heavy (non-hydrogen) atoms. The van der Waals surface area contributed by atoms with E-state index in [4.69, 9.17) is 0 Å². The Morgan fingerprint density at radius 2 is 1.90 bits per heavy atom. The van der Waals surface area contributed by atoms with Crippen molar-refractivity contribution in [2.45, 2.75) is 18.3 Å². The van der Waals surface area contributed by atoms with Crippen LogP contribution in [0, 0.1) is 0 Å². The van der Waals surface area contributed by atoms with E-state index in [1.165, 1.54) is 5.56 Å². The van der Waals surface area contributed by atoms with Gasteiger partial charge in [0.2, 0.25) is 0 Å². The zero-order valence-corrected chi connectivity index (χ0v) is 11.3. The van der Waals surface area contributed by atoms with E-state index in [-0.39, 0.29) is 5.56 Å². The van der Waals surface area contributed by atoms with E-state index >= 15 is 0 Å². The lowest BCUT2D eigenvalue weighted by Gasteiger charge is -1.97. The Balaban J connectivity index is 1.70. The number of para-hydroxylation sites is 1. The van der Waals surface area contributed by atoms with E-state index in [1.807, 2.05) is 24.3 Å². The van der Waals surface area contributed by atoms with Crippen LogP contribution in [-0.4, -0.2) is 21.0 Å². The van der Waals surface area contributed by atoms with E-state index in [2.05, 4.69) is 22.1 Å². The van der Waals surface area contributed by atoms with Gasteiger partial charge >= 0.3 is 5.97 Å². The molecule has 4 rings (SSSR count). The van der Waals surface area contributed by atoms with Crippen LogP contribution in [0.25, 0.3) is 11.0 Å². The highest BCUT2D eigenvalue weighted by Crippen LogP contribution is 2.53. The molecule has 4 nitrogen and oxygen atoms in total. The van der Waals surface area contributed by atoms with Crippen LogP contribution in [-0.2, 0) is 0 Å². The summed E-state index contributed by atoms with van der Waals surface area (Å²) < 4.78 is 0.